The van der Waals surface area contributed by atoms with Crippen LogP contribution < -0.4 is 4.74 Å². The summed E-state index contributed by atoms with van der Waals surface area (Å²) in [5.74, 6) is 1.10. The lowest BCUT2D eigenvalue weighted by molar-refractivity contribution is 0.312. The van der Waals surface area contributed by atoms with Crippen LogP contribution in [0.2, 0.25) is 0 Å². The number of phenolic OH excluding ortho intramolecular Hbond substituents is 1. The maximum Gasteiger partial charge on any atom is 0.128 e. The second-order valence-electron chi connectivity index (χ2n) is 8.27. The maximum absolute atomic E-state index is 11.1. The molecule has 0 fully saturated rings. The number of aryl methyl sites for hydroxylation is 1. The minimum Gasteiger partial charge on any atom is -0.507 e. The molecule has 0 aliphatic carbocycles. The number of allylic oxidation sites excluding steroid dienone is 1. The molecule has 3 nitrogen and oxygen atoms in total. The number of benzene rings is 3. The van der Waals surface area contributed by atoms with E-state index in [0.717, 1.165) is 41.0 Å². The Morgan fingerprint density at radius 3 is 2.42 bits per heavy atom. The molecule has 0 heterocycles. The van der Waals surface area contributed by atoms with E-state index in [2.05, 4.69) is 43.6 Å². The van der Waals surface area contributed by atoms with E-state index in [9.17, 15) is 5.11 Å². The molecule has 0 aliphatic rings. The zero-order valence-electron chi connectivity index (χ0n) is 18.6. The van der Waals surface area contributed by atoms with Gasteiger partial charge < -0.3 is 9.84 Å². The average Bonchev–Trinajstić information content (AvgIpc) is 2.78. The quantitative estimate of drug-likeness (QED) is 0.230. The van der Waals surface area contributed by atoms with Crippen LogP contribution >= 0.6 is 0 Å². The van der Waals surface area contributed by atoms with Crippen LogP contribution in [0.5, 0.6) is 11.5 Å². The van der Waals surface area contributed by atoms with Gasteiger partial charge in [-0.25, -0.2) is 0 Å². The fraction of sp³-hybridized carbons (Fsp3) is 0.250. The monoisotopic (exact) mass is 413 g/mol. The highest BCUT2D eigenvalue weighted by atomic mass is 16.5. The second kappa shape index (κ2) is 10.1. The van der Waals surface area contributed by atoms with Gasteiger partial charge in [0.2, 0.25) is 0 Å². The number of hydrogen-bond donors (Lipinski definition) is 1. The summed E-state index contributed by atoms with van der Waals surface area (Å²) in [4.78, 5) is 4.57. The van der Waals surface area contributed by atoms with Crippen molar-refractivity contribution in [2.75, 3.05) is 6.61 Å². The van der Waals surface area contributed by atoms with Gasteiger partial charge in [-0.2, -0.15) is 0 Å². The number of aromatic hydroxyl groups is 1. The standard InChI is InChI=1S/C28H31NO2/c1-5-6-10-17-31-25-15-13-24(14-16-25)29-20-22-18-21(2)19-26(27(22)30)28(3,4)23-11-8-7-9-12-23/h5,7-9,11-16,18-20,30H,1,6,10,17H2,2-4H3. The number of ether oxygens (including phenoxy) is 1. The van der Waals surface area contributed by atoms with Gasteiger partial charge in [0.15, 0.2) is 0 Å². The largest absolute Gasteiger partial charge is 0.507 e. The molecular weight excluding hydrogens is 382 g/mol. The molecule has 0 saturated heterocycles. The molecule has 0 bridgehead atoms. The van der Waals surface area contributed by atoms with E-state index in [-0.39, 0.29) is 11.2 Å². The normalized spacial score (nSPS) is 11.6. The molecule has 3 heteroatoms. The van der Waals surface area contributed by atoms with Crippen molar-refractivity contribution in [2.45, 2.75) is 39.0 Å². The molecule has 0 aromatic heterocycles. The molecular formula is C28H31NO2. The Morgan fingerprint density at radius 1 is 1.03 bits per heavy atom. The summed E-state index contributed by atoms with van der Waals surface area (Å²) < 4.78 is 5.72. The molecule has 0 spiro atoms. The molecule has 0 radical (unpaired) electrons. The zero-order chi connectivity index (χ0) is 22.3. The van der Waals surface area contributed by atoms with Gasteiger partial charge in [0.25, 0.3) is 0 Å². The van der Waals surface area contributed by atoms with Crippen molar-refractivity contribution in [1.29, 1.82) is 0 Å². The summed E-state index contributed by atoms with van der Waals surface area (Å²) in [6, 6.07) is 21.9. The lowest BCUT2D eigenvalue weighted by Crippen LogP contribution is -2.19. The number of aliphatic imine (C=N–C) groups is 1. The molecule has 31 heavy (non-hydrogen) atoms. The van der Waals surface area contributed by atoms with Crippen LogP contribution in [0.25, 0.3) is 0 Å². The summed E-state index contributed by atoms with van der Waals surface area (Å²) >= 11 is 0. The SMILES string of the molecule is C=CCCCOc1ccc(N=Cc2cc(C)cc(C(C)(C)c3ccccc3)c2O)cc1. The Bertz CT molecular complexity index is 1030. The van der Waals surface area contributed by atoms with Gasteiger partial charge in [0.1, 0.15) is 11.5 Å². The third-order valence-electron chi connectivity index (χ3n) is 5.46. The smallest absolute Gasteiger partial charge is 0.128 e. The number of nitrogens with zero attached hydrogens (tertiary/aromatic N) is 1. The fourth-order valence-corrected chi connectivity index (χ4v) is 3.58. The minimum absolute atomic E-state index is 0.269. The Hall–Kier alpha value is -3.33. The van der Waals surface area contributed by atoms with Crippen molar-refractivity contribution in [3.05, 3.63) is 102 Å². The Morgan fingerprint density at radius 2 is 1.74 bits per heavy atom. The molecule has 0 atom stereocenters. The van der Waals surface area contributed by atoms with Gasteiger partial charge in [0.05, 0.1) is 12.3 Å². The van der Waals surface area contributed by atoms with E-state index in [1.54, 1.807) is 6.21 Å². The van der Waals surface area contributed by atoms with E-state index >= 15 is 0 Å². The summed E-state index contributed by atoms with van der Waals surface area (Å²) in [5, 5.41) is 11.1. The third-order valence-corrected chi connectivity index (χ3v) is 5.46. The van der Waals surface area contributed by atoms with Gasteiger partial charge in [0, 0.05) is 22.8 Å². The van der Waals surface area contributed by atoms with Gasteiger partial charge >= 0.3 is 0 Å². The number of rotatable bonds is 9. The number of unbranched alkanes of at least 4 members (excludes halogenated alkanes) is 1. The predicted molar refractivity (Wildman–Crippen MR) is 130 cm³/mol. The highest BCUT2D eigenvalue weighted by Crippen LogP contribution is 2.39. The summed E-state index contributed by atoms with van der Waals surface area (Å²) in [6.45, 7) is 10.7. The van der Waals surface area contributed by atoms with E-state index in [4.69, 9.17) is 4.74 Å². The van der Waals surface area contributed by atoms with E-state index in [1.165, 1.54) is 0 Å². The zero-order valence-corrected chi connectivity index (χ0v) is 18.6. The second-order valence-corrected chi connectivity index (χ2v) is 8.27. The fourth-order valence-electron chi connectivity index (χ4n) is 3.58. The van der Waals surface area contributed by atoms with Crippen molar-refractivity contribution in [2.24, 2.45) is 4.99 Å². The van der Waals surface area contributed by atoms with Crippen molar-refractivity contribution in [3.8, 4) is 11.5 Å². The minimum atomic E-state index is -0.329. The summed E-state index contributed by atoms with van der Waals surface area (Å²) in [6.07, 6.45) is 5.53. The van der Waals surface area contributed by atoms with Crippen molar-refractivity contribution < 1.29 is 9.84 Å². The predicted octanol–water partition coefficient (Wildman–Crippen LogP) is 7.12. The van der Waals surface area contributed by atoms with Gasteiger partial charge in [-0.05, 0) is 61.2 Å². The summed E-state index contributed by atoms with van der Waals surface area (Å²) in [5.41, 5.74) is 4.32. The van der Waals surface area contributed by atoms with E-state index in [1.807, 2.05) is 61.5 Å². The van der Waals surface area contributed by atoms with Crippen LogP contribution in [-0.4, -0.2) is 17.9 Å². The number of hydrogen-bond acceptors (Lipinski definition) is 3. The van der Waals surface area contributed by atoms with Crippen LogP contribution in [0.1, 0.15) is 48.9 Å². The van der Waals surface area contributed by atoms with E-state index < -0.39 is 0 Å². The van der Waals surface area contributed by atoms with Crippen LogP contribution in [0.15, 0.2) is 84.4 Å². The van der Waals surface area contributed by atoms with Gasteiger partial charge in [-0.15, -0.1) is 6.58 Å². The Labute approximate surface area is 185 Å². The number of phenols is 1. The molecule has 1 N–H and O–H groups in total. The van der Waals surface area contributed by atoms with Crippen LogP contribution in [0.3, 0.4) is 0 Å². The first kappa shape index (κ1) is 22.4. The lowest BCUT2D eigenvalue weighted by Gasteiger charge is -2.28. The summed E-state index contributed by atoms with van der Waals surface area (Å²) in [7, 11) is 0. The van der Waals surface area contributed by atoms with Crippen LogP contribution in [-0.2, 0) is 5.41 Å². The molecule has 0 unspecified atom stereocenters. The first-order chi connectivity index (χ1) is 14.9. The highest BCUT2D eigenvalue weighted by Gasteiger charge is 2.27. The first-order valence-corrected chi connectivity index (χ1v) is 10.7. The van der Waals surface area contributed by atoms with E-state index in [0.29, 0.717) is 12.2 Å². The molecule has 0 saturated carbocycles. The highest BCUT2D eigenvalue weighted by molar-refractivity contribution is 5.86. The molecule has 3 rings (SSSR count). The van der Waals surface area contributed by atoms with Gasteiger partial charge in [-0.1, -0.05) is 56.3 Å². The van der Waals surface area contributed by atoms with Gasteiger partial charge in [-0.3, -0.25) is 4.99 Å². The van der Waals surface area contributed by atoms with Crippen molar-refractivity contribution >= 4 is 11.9 Å². The maximum atomic E-state index is 11.1. The van der Waals surface area contributed by atoms with Crippen molar-refractivity contribution in [1.82, 2.24) is 0 Å². The third kappa shape index (κ3) is 5.64. The lowest BCUT2D eigenvalue weighted by atomic mass is 9.76. The molecule has 0 amide bonds. The van der Waals surface area contributed by atoms with Crippen molar-refractivity contribution in [3.63, 3.8) is 0 Å². The molecule has 3 aromatic rings. The molecule has 160 valence electrons. The molecule has 3 aromatic carbocycles. The molecule has 0 aliphatic heterocycles. The first-order valence-electron chi connectivity index (χ1n) is 10.7. The Balaban J connectivity index is 1.81. The Kier molecular flexibility index (Phi) is 7.30. The topological polar surface area (TPSA) is 41.8 Å². The van der Waals surface area contributed by atoms with Crippen LogP contribution in [0, 0.1) is 6.92 Å². The average molecular weight is 414 g/mol. The van der Waals surface area contributed by atoms with Crippen LogP contribution in [0.4, 0.5) is 5.69 Å².